The Kier molecular flexibility index (Phi) is 12.3. The number of ether oxygens (including phenoxy) is 1. The summed E-state index contributed by atoms with van der Waals surface area (Å²) in [5.41, 5.74) is 0. The van der Waals surface area contributed by atoms with Gasteiger partial charge in [-0.05, 0) is 44.6 Å². The van der Waals surface area contributed by atoms with Gasteiger partial charge in [-0.1, -0.05) is 6.07 Å². The fourth-order valence-electron chi connectivity index (χ4n) is 2.35. The Labute approximate surface area is 183 Å². The van der Waals surface area contributed by atoms with Crippen LogP contribution in [0.3, 0.4) is 0 Å². The van der Waals surface area contributed by atoms with Crippen LogP contribution in [0.15, 0.2) is 22.5 Å². The molecule has 0 bridgehead atoms. The van der Waals surface area contributed by atoms with Crippen LogP contribution in [0.4, 0.5) is 0 Å². The molecule has 0 atom stereocenters. The van der Waals surface area contributed by atoms with Gasteiger partial charge in [0.15, 0.2) is 11.8 Å². The molecule has 9 heteroatoms. The number of thiophene rings is 1. The lowest BCUT2D eigenvalue weighted by Gasteiger charge is -2.12. The summed E-state index contributed by atoms with van der Waals surface area (Å²) in [4.78, 5) is 6.04. The van der Waals surface area contributed by atoms with E-state index in [0.29, 0.717) is 6.54 Å². The second-order valence-corrected chi connectivity index (χ2v) is 7.01. The second kappa shape index (κ2) is 13.9. The molecular weight excluding hydrogens is 475 g/mol. The molecule has 2 rings (SSSR count). The first kappa shape index (κ1) is 23.8. The number of nitrogens with zero attached hydrogens (tertiary/aromatic N) is 4. The first-order valence-electron chi connectivity index (χ1n) is 9.18. The Balaban J connectivity index is 0.00000364. The van der Waals surface area contributed by atoms with Gasteiger partial charge in [-0.3, -0.25) is 0 Å². The van der Waals surface area contributed by atoms with Crippen molar-refractivity contribution in [3.63, 3.8) is 0 Å². The third-order valence-corrected chi connectivity index (χ3v) is 4.95. The largest absolute Gasteiger partial charge is 0.382 e. The van der Waals surface area contributed by atoms with Crippen molar-refractivity contribution in [3.05, 3.63) is 34.0 Å². The summed E-state index contributed by atoms with van der Waals surface area (Å²) in [5, 5.41) is 17.2. The lowest BCUT2D eigenvalue weighted by atomic mass is 10.3. The third kappa shape index (κ3) is 9.02. The number of unbranched alkanes of at least 4 members (excludes halogenated alkanes) is 1. The van der Waals surface area contributed by atoms with Crippen molar-refractivity contribution in [3.8, 4) is 0 Å². The zero-order chi connectivity index (χ0) is 18.6. The monoisotopic (exact) mass is 506 g/mol. The maximum Gasteiger partial charge on any atom is 0.191 e. The van der Waals surface area contributed by atoms with Crippen LogP contribution < -0.4 is 10.6 Å². The van der Waals surface area contributed by atoms with E-state index in [4.69, 9.17) is 4.74 Å². The fourth-order valence-corrected chi connectivity index (χ4v) is 3.06. The standard InChI is InChI=1S/C18H30N6OS.HI/c1-4-25-12-6-5-10-19-18(20-11-9-16-8-7-13-26-16)21-14-17-23-22-15(2)24(17)3;/h7-8,13H,4-6,9-12,14H2,1-3H3,(H2,19,20,21);1H. The molecule has 0 amide bonds. The smallest absolute Gasteiger partial charge is 0.191 e. The number of guanidine groups is 1. The number of hydrogen-bond donors (Lipinski definition) is 2. The van der Waals surface area contributed by atoms with Gasteiger partial charge in [0.05, 0.1) is 0 Å². The maximum atomic E-state index is 5.38. The minimum atomic E-state index is 0. The number of hydrogen-bond acceptors (Lipinski definition) is 5. The molecule has 0 spiro atoms. The minimum absolute atomic E-state index is 0. The van der Waals surface area contributed by atoms with Gasteiger partial charge in [0.1, 0.15) is 12.4 Å². The predicted octanol–water partition coefficient (Wildman–Crippen LogP) is 2.90. The van der Waals surface area contributed by atoms with Crippen molar-refractivity contribution < 1.29 is 4.74 Å². The van der Waals surface area contributed by atoms with Crippen LogP contribution in [0.25, 0.3) is 0 Å². The van der Waals surface area contributed by atoms with Gasteiger partial charge < -0.3 is 19.9 Å². The number of rotatable bonds is 11. The molecule has 2 aromatic heterocycles. The van der Waals surface area contributed by atoms with Gasteiger partial charge in [-0.2, -0.15) is 0 Å². The topological polar surface area (TPSA) is 76.4 Å². The maximum absolute atomic E-state index is 5.38. The Morgan fingerprint density at radius 1 is 1.26 bits per heavy atom. The van der Waals surface area contributed by atoms with E-state index in [2.05, 4.69) is 43.3 Å². The molecule has 152 valence electrons. The van der Waals surface area contributed by atoms with Crippen molar-refractivity contribution in [2.45, 2.75) is 39.7 Å². The highest BCUT2D eigenvalue weighted by atomic mass is 127. The van der Waals surface area contributed by atoms with Crippen LogP contribution in [0.5, 0.6) is 0 Å². The molecule has 2 N–H and O–H groups in total. The number of aliphatic imine (C=N–C) groups is 1. The minimum Gasteiger partial charge on any atom is -0.382 e. The van der Waals surface area contributed by atoms with Crippen molar-refractivity contribution in [1.29, 1.82) is 0 Å². The molecular formula is C18H31IN6OS. The average molecular weight is 506 g/mol. The fraction of sp³-hybridized carbons (Fsp3) is 0.611. The van der Waals surface area contributed by atoms with E-state index in [0.717, 1.165) is 63.2 Å². The molecule has 0 aliphatic carbocycles. The van der Waals surface area contributed by atoms with E-state index in [1.54, 1.807) is 11.3 Å². The van der Waals surface area contributed by atoms with E-state index >= 15 is 0 Å². The quantitative estimate of drug-likeness (QED) is 0.212. The molecule has 0 radical (unpaired) electrons. The molecule has 0 saturated heterocycles. The van der Waals surface area contributed by atoms with E-state index in [1.165, 1.54) is 4.88 Å². The molecule has 0 unspecified atom stereocenters. The zero-order valence-electron chi connectivity index (χ0n) is 16.4. The van der Waals surface area contributed by atoms with Crippen LogP contribution in [-0.2, 0) is 24.8 Å². The molecule has 2 heterocycles. The van der Waals surface area contributed by atoms with Crippen LogP contribution >= 0.6 is 35.3 Å². The van der Waals surface area contributed by atoms with E-state index in [1.807, 2.05) is 25.5 Å². The summed E-state index contributed by atoms with van der Waals surface area (Å²) in [6.45, 7) is 7.78. The average Bonchev–Trinajstić information content (AvgIpc) is 3.26. The number of aryl methyl sites for hydroxylation is 1. The second-order valence-electron chi connectivity index (χ2n) is 5.97. The highest BCUT2D eigenvalue weighted by Gasteiger charge is 2.05. The Morgan fingerprint density at radius 3 is 2.74 bits per heavy atom. The van der Waals surface area contributed by atoms with Gasteiger partial charge >= 0.3 is 0 Å². The lowest BCUT2D eigenvalue weighted by Crippen LogP contribution is -2.39. The van der Waals surface area contributed by atoms with Gasteiger partial charge in [0.25, 0.3) is 0 Å². The first-order valence-corrected chi connectivity index (χ1v) is 10.1. The van der Waals surface area contributed by atoms with Gasteiger partial charge in [0, 0.05) is 38.2 Å². The summed E-state index contributed by atoms with van der Waals surface area (Å²) in [5.74, 6) is 2.57. The van der Waals surface area contributed by atoms with Gasteiger partial charge in [-0.15, -0.1) is 45.5 Å². The SMILES string of the molecule is CCOCCCCNC(=NCc1nnc(C)n1C)NCCc1cccs1.I. The third-order valence-electron chi connectivity index (χ3n) is 4.02. The zero-order valence-corrected chi connectivity index (χ0v) is 19.5. The van der Waals surface area contributed by atoms with Crippen LogP contribution in [0.2, 0.25) is 0 Å². The van der Waals surface area contributed by atoms with Crippen molar-refractivity contribution >= 4 is 41.3 Å². The first-order chi connectivity index (χ1) is 12.7. The summed E-state index contributed by atoms with van der Waals surface area (Å²) >= 11 is 1.78. The Morgan fingerprint density at radius 2 is 2.07 bits per heavy atom. The summed E-state index contributed by atoms with van der Waals surface area (Å²) in [6, 6.07) is 4.24. The Bertz CT molecular complexity index is 659. The molecule has 0 saturated carbocycles. The normalized spacial score (nSPS) is 11.3. The van der Waals surface area contributed by atoms with Gasteiger partial charge in [0.2, 0.25) is 0 Å². The molecule has 0 aromatic carbocycles. The van der Waals surface area contributed by atoms with E-state index in [-0.39, 0.29) is 24.0 Å². The van der Waals surface area contributed by atoms with Crippen molar-refractivity contribution in [2.24, 2.45) is 12.0 Å². The highest BCUT2D eigenvalue weighted by molar-refractivity contribution is 14.0. The number of aromatic nitrogens is 3. The molecule has 0 aliphatic heterocycles. The van der Waals surface area contributed by atoms with Crippen molar-refractivity contribution in [1.82, 2.24) is 25.4 Å². The van der Waals surface area contributed by atoms with Crippen molar-refractivity contribution in [2.75, 3.05) is 26.3 Å². The number of halogens is 1. The molecule has 7 nitrogen and oxygen atoms in total. The molecule has 0 aliphatic rings. The predicted molar refractivity (Wildman–Crippen MR) is 122 cm³/mol. The summed E-state index contributed by atoms with van der Waals surface area (Å²) < 4.78 is 7.34. The van der Waals surface area contributed by atoms with Crippen LogP contribution in [0.1, 0.15) is 36.3 Å². The summed E-state index contributed by atoms with van der Waals surface area (Å²) in [7, 11) is 1.96. The van der Waals surface area contributed by atoms with Gasteiger partial charge in [-0.25, -0.2) is 4.99 Å². The van der Waals surface area contributed by atoms with E-state index in [9.17, 15) is 0 Å². The molecule has 27 heavy (non-hydrogen) atoms. The van der Waals surface area contributed by atoms with Crippen LogP contribution in [0, 0.1) is 6.92 Å². The van der Waals surface area contributed by atoms with E-state index < -0.39 is 0 Å². The summed E-state index contributed by atoms with van der Waals surface area (Å²) in [6.07, 6.45) is 3.09. The Hall–Kier alpha value is -1.20. The number of nitrogens with one attached hydrogen (secondary N) is 2. The molecule has 2 aromatic rings. The van der Waals surface area contributed by atoms with Crippen LogP contribution in [-0.4, -0.2) is 47.0 Å². The molecule has 0 fully saturated rings. The highest BCUT2D eigenvalue weighted by Crippen LogP contribution is 2.08. The lowest BCUT2D eigenvalue weighted by molar-refractivity contribution is 0.143.